The lowest BCUT2D eigenvalue weighted by Gasteiger charge is -2.18. The quantitative estimate of drug-likeness (QED) is 0.661. The van der Waals surface area contributed by atoms with Gasteiger partial charge in [-0.3, -0.25) is 0 Å². The van der Waals surface area contributed by atoms with Crippen LogP contribution in [0.3, 0.4) is 0 Å². The van der Waals surface area contributed by atoms with Gasteiger partial charge >= 0.3 is 0 Å². The summed E-state index contributed by atoms with van der Waals surface area (Å²) in [6.07, 6.45) is 2.57. The molecule has 1 aromatic carbocycles. The zero-order chi connectivity index (χ0) is 12.5. The Morgan fingerprint density at radius 1 is 1.35 bits per heavy atom. The third-order valence-corrected chi connectivity index (χ3v) is 5.05. The van der Waals surface area contributed by atoms with Crippen LogP contribution in [0.2, 0.25) is 0 Å². The van der Waals surface area contributed by atoms with Crippen molar-refractivity contribution in [2.45, 2.75) is 32.6 Å². The fourth-order valence-corrected chi connectivity index (χ4v) is 2.93. The topological polar surface area (TPSA) is 9.23 Å². The van der Waals surface area contributed by atoms with Crippen molar-refractivity contribution in [3.8, 4) is 5.75 Å². The van der Waals surface area contributed by atoms with Gasteiger partial charge in [0.05, 0.1) is 6.61 Å². The second-order valence-electron chi connectivity index (χ2n) is 5.26. The molecule has 0 bridgehead atoms. The molecule has 0 unspecified atom stereocenters. The highest BCUT2D eigenvalue weighted by Gasteiger charge is 2.42. The first-order valence-corrected chi connectivity index (χ1v) is 7.96. The van der Waals surface area contributed by atoms with E-state index in [1.165, 1.54) is 18.4 Å². The van der Waals surface area contributed by atoms with Crippen molar-refractivity contribution in [2.75, 3.05) is 11.9 Å². The molecule has 0 heterocycles. The minimum absolute atomic E-state index is 0.404. The van der Waals surface area contributed by atoms with E-state index in [2.05, 4.69) is 63.9 Å². The highest BCUT2D eigenvalue weighted by Crippen LogP contribution is 2.47. The molecule has 3 heteroatoms. The van der Waals surface area contributed by atoms with Crippen LogP contribution in [-0.4, -0.2) is 11.9 Å². The van der Waals surface area contributed by atoms with Gasteiger partial charge in [0.15, 0.2) is 0 Å². The normalized spacial score (nSPS) is 17.2. The first-order valence-electron chi connectivity index (χ1n) is 6.04. The van der Waals surface area contributed by atoms with Crippen LogP contribution in [0.1, 0.15) is 38.2 Å². The summed E-state index contributed by atoms with van der Waals surface area (Å²) in [5.74, 6) is 1.53. The summed E-state index contributed by atoms with van der Waals surface area (Å²) in [4.78, 5) is 0. The molecule has 2 rings (SSSR count). The molecule has 0 saturated heterocycles. The van der Waals surface area contributed by atoms with Crippen LogP contribution in [0.5, 0.6) is 5.75 Å². The number of ether oxygens (including phenoxy) is 1. The second kappa shape index (κ2) is 5.31. The van der Waals surface area contributed by atoms with Crippen LogP contribution < -0.4 is 4.74 Å². The molecular weight excluding hydrogens is 344 g/mol. The predicted octanol–water partition coefficient (Wildman–Crippen LogP) is 5.13. The molecule has 1 fully saturated rings. The highest BCUT2D eigenvalue weighted by molar-refractivity contribution is 9.10. The van der Waals surface area contributed by atoms with Gasteiger partial charge in [-0.05, 0) is 42.5 Å². The molecule has 1 nitrogen and oxygen atoms in total. The van der Waals surface area contributed by atoms with E-state index >= 15 is 0 Å². The summed E-state index contributed by atoms with van der Waals surface area (Å²) < 4.78 is 7.14. The Hall–Kier alpha value is -0.0200. The zero-order valence-corrected chi connectivity index (χ0v) is 13.5. The lowest BCUT2D eigenvalue weighted by Crippen LogP contribution is -2.15. The molecule has 0 atom stereocenters. The van der Waals surface area contributed by atoms with Crippen LogP contribution in [0.15, 0.2) is 22.7 Å². The second-order valence-corrected chi connectivity index (χ2v) is 6.74. The number of rotatable bonds is 5. The van der Waals surface area contributed by atoms with Gasteiger partial charge in [-0.1, -0.05) is 45.7 Å². The molecular formula is C14H18Br2O. The number of alkyl halides is 1. The van der Waals surface area contributed by atoms with E-state index in [0.29, 0.717) is 11.3 Å². The van der Waals surface area contributed by atoms with Crippen molar-refractivity contribution in [3.63, 3.8) is 0 Å². The van der Waals surface area contributed by atoms with Crippen LogP contribution >= 0.6 is 31.9 Å². The lowest BCUT2D eigenvalue weighted by molar-refractivity contribution is 0.248. The Kier molecular flexibility index (Phi) is 4.19. The van der Waals surface area contributed by atoms with Gasteiger partial charge in [-0.15, -0.1) is 0 Å². The first-order chi connectivity index (χ1) is 8.06. The van der Waals surface area contributed by atoms with E-state index in [1.807, 2.05) is 0 Å². The van der Waals surface area contributed by atoms with Crippen molar-refractivity contribution < 1.29 is 4.74 Å². The van der Waals surface area contributed by atoms with Gasteiger partial charge in [0.2, 0.25) is 0 Å². The van der Waals surface area contributed by atoms with Crippen molar-refractivity contribution in [2.24, 2.45) is 5.41 Å². The maximum absolute atomic E-state index is 6.02. The van der Waals surface area contributed by atoms with E-state index in [9.17, 15) is 0 Å². The molecule has 17 heavy (non-hydrogen) atoms. The Labute approximate surface area is 120 Å². The fraction of sp³-hybridized carbons (Fsp3) is 0.571. The van der Waals surface area contributed by atoms with Gasteiger partial charge < -0.3 is 4.74 Å². The highest BCUT2D eigenvalue weighted by atomic mass is 79.9. The molecule has 1 aliphatic rings. The molecule has 1 aromatic rings. The first kappa shape index (κ1) is 13.4. The maximum atomic E-state index is 6.02. The van der Waals surface area contributed by atoms with E-state index in [1.54, 1.807) is 0 Å². The van der Waals surface area contributed by atoms with E-state index in [0.717, 1.165) is 22.2 Å². The smallest absolute Gasteiger partial charge is 0.122 e. The predicted molar refractivity (Wildman–Crippen MR) is 79.2 cm³/mol. The van der Waals surface area contributed by atoms with Crippen molar-refractivity contribution in [1.82, 2.24) is 0 Å². The van der Waals surface area contributed by atoms with Gasteiger partial charge in [0.25, 0.3) is 0 Å². The molecule has 1 saturated carbocycles. The molecule has 0 aliphatic heterocycles. The van der Waals surface area contributed by atoms with Crippen LogP contribution in [0.25, 0.3) is 0 Å². The molecule has 94 valence electrons. The minimum atomic E-state index is 0.404. The maximum Gasteiger partial charge on any atom is 0.122 e. The van der Waals surface area contributed by atoms with Crippen molar-refractivity contribution >= 4 is 31.9 Å². The van der Waals surface area contributed by atoms with Gasteiger partial charge in [0.1, 0.15) is 5.75 Å². The number of hydrogen-bond donors (Lipinski definition) is 0. The summed E-state index contributed by atoms with van der Waals surface area (Å²) in [5, 5.41) is 1.05. The van der Waals surface area contributed by atoms with Crippen molar-refractivity contribution in [3.05, 3.63) is 28.2 Å². The summed E-state index contributed by atoms with van der Waals surface area (Å²) in [6, 6.07) is 6.28. The molecule has 0 N–H and O–H groups in total. The van der Waals surface area contributed by atoms with Gasteiger partial charge in [-0.25, -0.2) is 0 Å². The van der Waals surface area contributed by atoms with E-state index in [-0.39, 0.29) is 0 Å². The third-order valence-electron chi connectivity index (χ3n) is 3.37. The Balaban J connectivity index is 2.09. The van der Waals surface area contributed by atoms with Crippen LogP contribution in [0.4, 0.5) is 0 Å². The molecule has 0 aromatic heterocycles. The van der Waals surface area contributed by atoms with Crippen molar-refractivity contribution in [1.29, 1.82) is 0 Å². The Morgan fingerprint density at radius 2 is 2.06 bits per heavy atom. The molecule has 0 spiro atoms. The van der Waals surface area contributed by atoms with E-state index in [4.69, 9.17) is 4.74 Å². The molecule has 0 radical (unpaired) electrons. The summed E-state index contributed by atoms with van der Waals surface area (Å²) in [6.45, 7) is 5.23. The summed E-state index contributed by atoms with van der Waals surface area (Å²) >= 11 is 7.10. The average Bonchev–Trinajstić information content (AvgIpc) is 3.08. The van der Waals surface area contributed by atoms with Crippen LogP contribution in [-0.2, 0) is 0 Å². The number of hydrogen-bond acceptors (Lipinski definition) is 1. The average molecular weight is 362 g/mol. The molecule has 0 amide bonds. The molecule has 1 aliphatic carbocycles. The number of halogens is 2. The lowest BCUT2D eigenvalue weighted by atomic mass is 10.0. The third kappa shape index (κ3) is 3.25. The van der Waals surface area contributed by atoms with Gasteiger partial charge in [0, 0.05) is 15.2 Å². The SMILES string of the molecule is CC(C)c1cc(Br)ccc1OCC1(CBr)CC1. The Bertz CT molecular complexity index is 397. The standard InChI is InChI=1S/C14H18Br2O/c1-10(2)12-7-11(16)3-4-13(12)17-9-14(8-15)5-6-14/h3-4,7,10H,5-6,8-9H2,1-2H3. The summed E-state index contributed by atoms with van der Waals surface area (Å²) in [5.41, 5.74) is 1.69. The van der Waals surface area contributed by atoms with Gasteiger partial charge in [-0.2, -0.15) is 0 Å². The largest absolute Gasteiger partial charge is 0.493 e. The summed E-state index contributed by atoms with van der Waals surface area (Å²) in [7, 11) is 0. The zero-order valence-electron chi connectivity index (χ0n) is 10.3. The Morgan fingerprint density at radius 3 is 2.59 bits per heavy atom. The van der Waals surface area contributed by atoms with E-state index < -0.39 is 0 Å². The minimum Gasteiger partial charge on any atom is -0.493 e. The fourth-order valence-electron chi connectivity index (χ4n) is 1.83. The monoisotopic (exact) mass is 360 g/mol. The number of benzene rings is 1. The van der Waals surface area contributed by atoms with Crippen LogP contribution in [0, 0.1) is 5.41 Å².